The third kappa shape index (κ3) is 3.08. The van der Waals surface area contributed by atoms with Gasteiger partial charge in [0.15, 0.2) is 0 Å². The largest absolute Gasteiger partial charge is 0.497 e. The van der Waals surface area contributed by atoms with E-state index in [1.54, 1.807) is 30.6 Å². The van der Waals surface area contributed by atoms with E-state index in [9.17, 15) is 4.79 Å². The molecule has 1 aromatic heterocycles. The fraction of sp³-hybridized carbons (Fsp3) is 0.231. The van der Waals surface area contributed by atoms with Crippen molar-refractivity contribution in [2.75, 3.05) is 7.11 Å². The summed E-state index contributed by atoms with van der Waals surface area (Å²) in [6.45, 7) is 0. The van der Waals surface area contributed by atoms with Crippen LogP contribution in [0.15, 0.2) is 35.4 Å². The maximum atomic E-state index is 11.1. The Bertz CT molecular complexity index is 578. The van der Waals surface area contributed by atoms with Crippen LogP contribution in [0.25, 0.3) is 0 Å². The highest BCUT2D eigenvalue weighted by molar-refractivity contribution is 7.98. The minimum atomic E-state index is -0.946. The van der Waals surface area contributed by atoms with Crippen molar-refractivity contribution in [2.45, 2.75) is 10.6 Å². The van der Waals surface area contributed by atoms with Crippen LogP contribution in [0, 0.1) is 0 Å². The van der Waals surface area contributed by atoms with E-state index in [4.69, 9.17) is 9.84 Å². The van der Waals surface area contributed by atoms with E-state index in [0.717, 1.165) is 10.6 Å². The number of aromatic carboxylic acids is 1. The van der Waals surface area contributed by atoms with E-state index in [0.29, 0.717) is 11.4 Å². The van der Waals surface area contributed by atoms with Gasteiger partial charge in [0.05, 0.1) is 19.0 Å². The molecule has 0 unspecified atom stereocenters. The maximum Gasteiger partial charge on any atom is 0.339 e. The highest BCUT2D eigenvalue weighted by Gasteiger charge is 2.14. The highest BCUT2D eigenvalue weighted by atomic mass is 32.2. The lowest BCUT2D eigenvalue weighted by Crippen LogP contribution is -2.03. The van der Waals surface area contributed by atoms with Crippen molar-refractivity contribution in [3.63, 3.8) is 0 Å². The predicted molar refractivity (Wildman–Crippen MR) is 72.7 cm³/mol. The molecule has 0 amide bonds. The number of carboxylic acid groups (broad SMARTS) is 1. The van der Waals surface area contributed by atoms with Gasteiger partial charge in [0.25, 0.3) is 0 Å². The number of hydrogen-bond acceptors (Lipinski definition) is 4. The van der Waals surface area contributed by atoms with Crippen LogP contribution in [0.4, 0.5) is 0 Å². The Kier molecular flexibility index (Phi) is 4.11. The number of aromatic nitrogens is 2. The van der Waals surface area contributed by atoms with E-state index in [-0.39, 0.29) is 5.56 Å². The first kappa shape index (κ1) is 13.5. The first-order valence-electron chi connectivity index (χ1n) is 5.63. The molecule has 1 heterocycles. The number of nitrogens with zero attached hydrogens (tertiary/aromatic N) is 2. The van der Waals surface area contributed by atoms with Crippen LogP contribution in [0.1, 0.15) is 16.1 Å². The van der Waals surface area contributed by atoms with Crippen molar-refractivity contribution in [2.24, 2.45) is 7.05 Å². The molecule has 2 rings (SSSR count). The van der Waals surface area contributed by atoms with Gasteiger partial charge in [-0.25, -0.2) is 4.79 Å². The average molecular weight is 278 g/mol. The number of carboxylic acids is 1. The molecule has 1 N–H and O–H groups in total. The molecule has 0 radical (unpaired) electrons. The van der Waals surface area contributed by atoms with Crippen LogP contribution in [0.3, 0.4) is 0 Å². The summed E-state index contributed by atoms with van der Waals surface area (Å²) in [7, 11) is 3.37. The molecule has 0 aliphatic rings. The zero-order chi connectivity index (χ0) is 13.8. The molecular weight excluding hydrogens is 264 g/mol. The van der Waals surface area contributed by atoms with Crippen molar-refractivity contribution in [3.05, 3.63) is 41.7 Å². The highest BCUT2D eigenvalue weighted by Crippen LogP contribution is 2.26. The first-order chi connectivity index (χ1) is 9.11. The summed E-state index contributed by atoms with van der Waals surface area (Å²) in [5.41, 5.74) is 0.955. The van der Waals surface area contributed by atoms with Gasteiger partial charge < -0.3 is 9.84 Å². The van der Waals surface area contributed by atoms with Crippen molar-refractivity contribution in [3.8, 4) is 5.75 Å². The van der Waals surface area contributed by atoms with Gasteiger partial charge >= 0.3 is 5.97 Å². The number of hydrogen-bond donors (Lipinski definition) is 1. The van der Waals surface area contributed by atoms with Crippen LogP contribution in [-0.4, -0.2) is 28.0 Å². The normalized spacial score (nSPS) is 10.4. The molecule has 0 spiro atoms. The Balaban J connectivity index is 2.09. The average Bonchev–Trinajstić information content (AvgIpc) is 2.78. The fourth-order valence-corrected chi connectivity index (χ4v) is 2.61. The summed E-state index contributed by atoms with van der Waals surface area (Å²) < 4.78 is 6.69. The van der Waals surface area contributed by atoms with Gasteiger partial charge in [-0.15, -0.1) is 11.8 Å². The molecule has 100 valence electrons. The standard InChI is InChI=1S/C13H14N2O3S/c1-15-12(11(7-14-15)13(16)17)8-19-10-5-3-9(18-2)4-6-10/h3-7H,8H2,1-2H3,(H,16,17). The van der Waals surface area contributed by atoms with Crippen molar-refractivity contribution in [1.82, 2.24) is 9.78 Å². The van der Waals surface area contributed by atoms with Crippen molar-refractivity contribution < 1.29 is 14.6 Å². The lowest BCUT2D eigenvalue weighted by molar-refractivity contribution is 0.0696. The topological polar surface area (TPSA) is 64.3 Å². The van der Waals surface area contributed by atoms with Crippen LogP contribution >= 0.6 is 11.8 Å². The second kappa shape index (κ2) is 5.79. The zero-order valence-corrected chi connectivity index (χ0v) is 11.5. The SMILES string of the molecule is COc1ccc(SCc2c(C(=O)O)cnn2C)cc1. The van der Waals surface area contributed by atoms with E-state index >= 15 is 0 Å². The first-order valence-corrected chi connectivity index (χ1v) is 6.61. The molecule has 19 heavy (non-hydrogen) atoms. The number of aryl methyl sites for hydroxylation is 1. The molecule has 0 saturated carbocycles. The Hall–Kier alpha value is -1.95. The summed E-state index contributed by atoms with van der Waals surface area (Å²) in [6, 6.07) is 7.65. The number of ether oxygens (including phenoxy) is 1. The van der Waals surface area contributed by atoms with E-state index in [1.807, 2.05) is 24.3 Å². The quantitative estimate of drug-likeness (QED) is 0.851. The molecule has 0 bridgehead atoms. The molecule has 2 aromatic rings. The fourth-order valence-electron chi connectivity index (χ4n) is 1.64. The number of thioether (sulfide) groups is 1. The molecule has 5 nitrogen and oxygen atoms in total. The smallest absolute Gasteiger partial charge is 0.339 e. The maximum absolute atomic E-state index is 11.1. The molecule has 0 aliphatic heterocycles. The molecule has 0 saturated heterocycles. The third-order valence-electron chi connectivity index (χ3n) is 2.73. The number of benzene rings is 1. The summed E-state index contributed by atoms with van der Waals surface area (Å²) in [4.78, 5) is 12.1. The Morgan fingerprint density at radius 3 is 2.68 bits per heavy atom. The van der Waals surface area contributed by atoms with E-state index in [1.165, 1.54) is 6.20 Å². The van der Waals surface area contributed by atoms with Gasteiger partial charge in [0.1, 0.15) is 11.3 Å². The Morgan fingerprint density at radius 1 is 1.42 bits per heavy atom. The Morgan fingerprint density at radius 2 is 2.11 bits per heavy atom. The summed E-state index contributed by atoms with van der Waals surface area (Å²) in [6.07, 6.45) is 1.38. The lowest BCUT2D eigenvalue weighted by atomic mass is 10.3. The third-order valence-corrected chi connectivity index (χ3v) is 3.75. The lowest BCUT2D eigenvalue weighted by Gasteiger charge is -2.05. The summed E-state index contributed by atoms with van der Waals surface area (Å²) in [5, 5.41) is 13.0. The van der Waals surface area contributed by atoms with E-state index < -0.39 is 5.97 Å². The number of methoxy groups -OCH3 is 1. The predicted octanol–water partition coefficient (Wildman–Crippen LogP) is 2.42. The molecule has 0 aliphatic carbocycles. The molecule has 0 fully saturated rings. The van der Waals surface area contributed by atoms with Gasteiger partial charge in [0, 0.05) is 17.7 Å². The number of carbonyl (C=O) groups is 1. The molecule has 1 aromatic carbocycles. The minimum Gasteiger partial charge on any atom is -0.497 e. The van der Waals surface area contributed by atoms with Gasteiger partial charge in [-0.2, -0.15) is 5.10 Å². The van der Waals surface area contributed by atoms with Gasteiger partial charge in [0.2, 0.25) is 0 Å². The van der Waals surface area contributed by atoms with Crippen LogP contribution in [0.2, 0.25) is 0 Å². The number of rotatable bonds is 5. The van der Waals surface area contributed by atoms with Crippen LogP contribution in [-0.2, 0) is 12.8 Å². The monoisotopic (exact) mass is 278 g/mol. The zero-order valence-electron chi connectivity index (χ0n) is 10.7. The van der Waals surface area contributed by atoms with Gasteiger partial charge in [-0.05, 0) is 24.3 Å². The van der Waals surface area contributed by atoms with Crippen LogP contribution in [0.5, 0.6) is 5.75 Å². The summed E-state index contributed by atoms with van der Waals surface area (Å²) >= 11 is 1.56. The van der Waals surface area contributed by atoms with Crippen molar-refractivity contribution >= 4 is 17.7 Å². The summed E-state index contributed by atoms with van der Waals surface area (Å²) in [5.74, 6) is 0.416. The second-order valence-corrected chi connectivity index (χ2v) is 4.95. The van der Waals surface area contributed by atoms with E-state index in [2.05, 4.69) is 5.10 Å². The van der Waals surface area contributed by atoms with Gasteiger partial charge in [-0.1, -0.05) is 0 Å². The van der Waals surface area contributed by atoms with Crippen LogP contribution < -0.4 is 4.74 Å². The molecule has 0 atom stereocenters. The van der Waals surface area contributed by atoms with Crippen molar-refractivity contribution in [1.29, 1.82) is 0 Å². The second-order valence-electron chi connectivity index (χ2n) is 3.90. The Labute approximate surface area is 115 Å². The van der Waals surface area contributed by atoms with Gasteiger partial charge in [-0.3, -0.25) is 4.68 Å². The minimum absolute atomic E-state index is 0.253. The molecular formula is C13H14N2O3S. The molecule has 6 heteroatoms.